The second-order valence-corrected chi connectivity index (χ2v) is 9.31. The lowest BCUT2D eigenvalue weighted by atomic mass is 9.96. The van der Waals surface area contributed by atoms with Crippen LogP contribution in [0.2, 0.25) is 5.02 Å². The highest BCUT2D eigenvalue weighted by atomic mass is 35.5. The quantitative estimate of drug-likeness (QED) is 0.410. The molecule has 4 rings (SSSR count). The number of allylic oxidation sites excluding steroid dienone is 1. The van der Waals surface area contributed by atoms with Crippen molar-refractivity contribution in [1.29, 1.82) is 0 Å². The minimum Gasteiger partial charge on any atom is -0.490 e. The number of carbonyl (C=O) groups is 1. The normalized spacial score (nSPS) is 15.4. The first-order valence-corrected chi connectivity index (χ1v) is 12.9. The summed E-state index contributed by atoms with van der Waals surface area (Å²) >= 11 is 7.80. The van der Waals surface area contributed by atoms with Gasteiger partial charge in [0.15, 0.2) is 16.3 Å². The van der Waals surface area contributed by atoms with Crippen LogP contribution in [-0.2, 0) is 9.53 Å². The fourth-order valence-corrected chi connectivity index (χ4v) is 5.38. The minimum atomic E-state index is -0.754. The Bertz CT molecular complexity index is 1510. The van der Waals surface area contributed by atoms with Crippen molar-refractivity contribution in [2.45, 2.75) is 33.7 Å². The molecule has 3 aromatic rings. The zero-order valence-corrected chi connectivity index (χ0v) is 22.1. The summed E-state index contributed by atoms with van der Waals surface area (Å²) in [6.45, 7) is 8.50. The molecule has 1 aliphatic heterocycles. The molecule has 1 aliphatic rings. The average molecular weight is 527 g/mol. The highest BCUT2D eigenvalue weighted by Gasteiger charge is 2.34. The molecular formula is C27H27ClN2O5S. The number of hydrogen-bond donors (Lipinski definition) is 0. The van der Waals surface area contributed by atoms with Gasteiger partial charge in [-0.2, -0.15) is 0 Å². The van der Waals surface area contributed by atoms with Gasteiger partial charge >= 0.3 is 5.97 Å². The van der Waals surface area contributed by atoms with Gasteiger partial charge in [-0.15, -0.1) is 0 Å². The molecule has 2 heterocycles. The molecule has 0 saturated heterocycles. The Kier molecular flexibility index (Phi) is 7.96. The van der Waals surface area contributed by atoms with Crippen molar-refractivity contribution in [2.24, 2.45) is 4.99 Å². The lowest BCUT2D eigenvalue weighted by Crippen LogP contribution is -2.40. The van der Waals surface area contributed by atoms with E-state index in [0.29, 0.717) is 55.9 Å². The van der Waals surface area contributed by atoms with Gasteiger partial charge in [0, 0.05) is 5.02 Å². The van der Waals surface area contributed by atoms with Crippen LogP contribution in [0.1, 0.15) is 44.9 Å². The van der Waals surface area contributed by atoms with Gasteiger partial charge in [-0.05, 0) is 63.1 Å². The van der Waals surface area contributed by atoms with Gasteiger partial charge in [-0.1, -0.05) is 47.2 Å². The number of esters is 1. The summed E-state index contributed by atoms with van der Waals surface area (Å²) < 4.78 is 18.7. The molecule has 2 aromatic carbocycles. The lowest BCUT2D eigenvalue weighted by molar-refractivity contribution is -0.139. The van der Waals surface area contributed by atoms with Gasteiger partial charge in [0.1, 0.15) is 6.04 Å². The molecule has 0 N–H and O–H groups in total. The number of thiazole rings is 1. The predicted molar refractivity (Wildman–Crippen MR) is 141 cm³/mol. The molecule has 0 bridgehead atoms. The molecule has 188 valence electrons. The predicted octanol–water partition coefficient (Wildman–Crippen LogP) is 4.25. The molecule has 0 fully saturated rings. The van der Waals surface area contributed by atoms with Crippen LogP contribution in [0.4, 0.5) is 0 Å². The highest BCUT2D eigenvalue weighted by molar-refractivity contribution is 7.07. The molecule has 0 radical (unpaired) electrons. The Labute approximate surface area is 217 Å². The Morgan fingerprint density at radius 1 is 1.08 bits per heavy atom. The monoisotopic (exact) mass is 526 g/mol. The Morgan fingerprint density at radius 2 is 1.81 bits per heavy atom. The molecule has 0 saturated carbocycles. The van der Waals surface area contributed by atoms with Crippen LogP contribution in [0.5, 0.6) is 11.5 Å². The summed E-state index contributed by atoms with van der Waals surface area (Å²) in [6, 6.07) is 12.0. The maximum atomic E-state index is 13.7. The molecule has 7 nitrogen and oxygen atoms in total. The van der Waals surface area contributed by atoms with E-state index in [1.54, 1.807) is 32.1 Å². The van der Waals surface area contributed by atoms with Gasteiger partial charge in [0.05, 0.1) is 35.6 Å². The summed E-state index contributed by atoms with van der Waals surface area (Å²) in [6.07, 6.45) is 1.79. The van der Waals surface area contributed by atoms with Crippen molar-refractivity contribution in [3.8, 4) is 11.5 Å². The Hall–Kier alpha value is -3.36. The zero-order valence-electron chi connectivity index (χ0n) is 20.5. The maximum absolute atomic E-state index is 13.7. The van der Waals surface area contributed by atoms with E-state index in [0.717, 1.165) is 5.56 Å². The number of fused-ring (bicyclic) bond motifs is 1. The summed E-state index contributed by atoms with van der Waals surface area (Å²) in [5.41, 5.74) is 1.92. The molecular weight excluding hydrogens is 500 g/mol. The number of benzene rings is 2. The number of nitrogens with zero attached hydrogens (tertiary/aromatic N) is 2. The third kappa shape index (κ3) is 4.96. The Morgan fingerprint density at radius 3 is 2.50 bits per heavy atom. The largest absolute Gasteiger partial charge is 0.490 e. The van der Waals surface area contributed by atoms with Crippen molar-refractivity contribution in [1.82, 2.24) is 4.57 Å². The SMILES string of the molecule is CCOC(=O)C1=C(C)N=c2sc(=Cc3ccc(OCC)c(OCC)c3)c(=O)n2C1c1ccccc1Cl. The fourth-order valence-electron chi connectivity index (χ4n) is 4.09. The van der Waals surface area contributed by atoms with E-state index in [1.165, 1.54) is 15.9 Å². The number of rotatable bonds is 8. The molecule has 1 unspecified atom stereocenters. The molecule has 9 heteroatoms. The van der Waals surface area contributed by atoms with Gasteiger partial charge in [0.25, 0.3) is 5.56 Å². The van der Waals surface area contributed by atoms with Crippen LogP contribution < -0.4 is 24.4 Å². The molecule has 1 atom stereocenters. The van der Waals surface area contributed by atoms with Crippen molar-refractivity contribution < 1.29 is 19.0 Å². The third-order valence-corrected chi connectivity index (χ3v) is 6.91. The molecule has 0 spiro atoms. The number of carbonyl (C=O) groups excluding carboxylic acids is 1. The fraction of sp³-hybridized carbons (Fsp3) is 0.296. The van der Waals surface area contributed by atoms with E-state index in [4.69, 9.17) is 25.8 Å². The van der Waals surface area contributed by atoms with Gasteiger partial charge in [0.2, 0.25) is 0 Å². The van der Waals surface area contributed by atoms with E-state index in [9.17, 15) is 9.59 Å². The number of aromatic nitrogens is 1. The number of halogens is 1. The maximum Gasteiger partial charge on any atom is 0.338 e. The first kappa shape index (κ1) is 25.7. The smallest absolute Gasteiger partial charge is 0.338 e. The molecule has 0 aliphatic carbocycles. The van der Waals surface area contributed by atoms with Crippen molar-refractivity contribution in [3.05, 3.63) is 89.6 Å². The van der Waals surface area contributed by atoms with Crippen LogP contribution in [0.3, 0.4) is 0 Å². The second kappa shape index (κ2) is 11.1. The van der Waals surface area contributed by atoms with Crippen molar-refractivity contribution in [3.63, 3.8) is 0 Å². The third-order valence-electron chi connectivity index (χ3n) is 5.58. The van der Waals surface area contributed by atoms with Crippen LogP contribution in [0.15, 0.2) is 63.5 Å². The van der Waals surface area contributed by atoms with Gasteiger partial charge < -0.3 is 14.2 Å². The van der Waals surface area contributed by atoms with Gasteiger partial charge in [-0.3, -0.25) is 9.36 Å². The second-order valence-electron chi connectivity index (χ2n) is 7.90. The van der Waals surface area contributed by atoms with Crippen LogP contribution in [-0.4, -0.2) is 30.4 Å². The van der Waals surface area contributed by atoms with Crippen molar-refractivity contribution >= 4 is 35.0 Å². The zero-order chi connectivity index (χ0) is 25.8. The minimum absolute atomic E-state index is 0.204. The number of ether oxygens (including phenoxy) is 3. The van der Waals surface area contributed by atoms with Gasteiger partial charge in [-0.25, -0.2) is 9.79 Å². The van der Waals surface area contributed by atoms with E-state index in [-0.39, 0.29) is 12.2 Å². The molecule has 0 amide bonds. The van der Waals surface area contributed by atoms with E-state index in [1.807, 2.05) is 44.2 Å². The first-order valence-electron chi connectivity index (χ1n) is 11.7. The summed E-state index contributed by atoms with van der Waals surface area (Å²) in [5.74, 6) is 0.729. The van der Waals surface area contributed by atoms with Crippen molar-refractivity contribution in [2.75, 3.05) is 19.8 Å². The van der Waals surface area contributed by atoms with Crippen LogP contribution in [0.25, 0.3) is 6.08 Å². The highest BCUT2D eigenvalue weighted by Crippen LogP contribution is 2.34. The van der Waals surface area contributed by atoms with Crippen LogP contribution >= 0.6 is 22.9 Å². The number of hydrogen-bond acceptors (Lipinski definition) is 7. The standard InChI is InChI=1S/C27H27ClN2O5S/c1-5-33-20-13-12-17(14-21(20)34-6-2)15-22-25(31)30-24(18-10-8-9-11-19(18)28)23(26(32)35-7-3)16(4)29-27(30)36-22/h8-15,24H,5-7H2,1-4H3. The summed E-state index contributed by atoms with van der Waals surface area (Å²) in [5, 5.41) is 0.446. The van der Waals surface area contributed by atoms with E-state index < -0.39 is 12.0 Å². The molecule has 1 aromatic heterocycles. The summed E-state index contributed by atoms with van der Waals surface area (Å²) in [7, 11) is 0. The molecule has 36 heavy (non-hydrogen) atoms. The summed E-state index contributed by atoms with van der Waals surface area (Å²) in [4.78, 5) is 31.8. The Balaban J connectivity index is 1.91. The van der Waals surface area contributed by atoms with E-state index in [2.05, 4.69) is 4.99 Å². The first-order chi connectivity index (χ1) is 17.4. The van der Waals surface area contributed by atoms with E-state index >= 15 is 0 Å². The topological polar surface area (TPSA) is 79.1 Å². The average Bonchev–Trinajstić information content (AvgIpc) is 3.15. The van der Waals surface area contributed by atoms with Crippen LogP contribution in [0, 0.1) is 0 Å². The lowest BCUT2D eigenvalue weighted by Gasteiger charge is -2.25.